The first kappa shape index (κ1) is 17.0. The third-order valence-corrected chi connectivity index (χ3v) is 3.97. The van der Waals surface area contributed by atoms with Crippen molar-refractivity contribution in [2.75, 3.05) is 26.0 Å². The monoisotopic (exact) mass is 338 g/mol. The molecule has 0 aliphatic heterocycles. The highest BCUT2D eigenvalue weighted by molar-refractivity contribution is 5.92. The number of nitrogens with zero attached hydrogens (tertiary/aromatic N) is 2. The van der Waals surface area contributed by atoms with Crippen LogP contribution in [-0.2, 0) is 4.79 Å². The number of hydrogen-bond donors (Lipinski definition) is 2. The van der Waals surface area contributed by atoms with Crippen LogP contribution in [-0.4, -0.2) is 36.2 Å². The van der Waals surface area contributed by atoms with Crippen molar-refractivity contribution in [1.29, 1.82) is 0 Å². The Labute approximate surface area is 146 Å². The largest absolute Gasteiger partial charge is 0.497 e. The van der Waals surface area contributed by atoms with Gasteiger partial charge >= 0.3 is 0 Å². The van der Waals surface area contributed by atoms with Crippen molar-refractivity contribution < 1.29 is 9.53 Å². The van der Waals surface area contributed by atoms with Crippen LogP contribution in [0.25, 0.3) is 16.7 Å². The molecule has 2 N–H and O–H groups in total. The van der Waals surface area contributed by atoms with Gasteiger partial charge in [0.25, 0.3) is 0 Å². The number of methoxy groups -OCH3 is 1. The van der Waals surface area contributed by atoms with E-state index in [0.29, 0.717) is 12.4 Å². The van der Waals surface area contributed by atoms with Crippen LogP contribution in [0.4, 0.5) is 5.95 Å². The first-order valence-corrected chi connectivity index (χ1v) is 8.29. The van der Waals surface area contributed by atoms with Gasteiger partial charge in [-0.1, -0.05) is 12.1 Å². The molecular formula is C19H22N4O2. The lowest BCUT2D eigenvalue weighted by molar-refractivity contribution is -0.116. The van der Waals surface area contributed by atoms with Crippen molar-refractivity contribution in [3.63, 3.8) is 0 Å². The molecule has 25 heavy (non-hydrogen) atoms. The lowest BCUT2D eigenvalue weighted by Crippen LogP contribution is -2.17. The van der Waals surface area contributed by atoms with Crippen LogP contribution < -0.4 is 15.4 Å². The Balaban J connectivity index is 1.95. The van der Waals surface area contributed by atoms with Gasteiger partial charge in [0.1, 0.15) is 5.75 Å². The van der Waals surface area contributed by atoms with Gasteiger partial charge in [-0.3, -0.25) is 14.7 Å². The Kier molecular flexibility index (Phi) is 5.30. The zero-order valence-corrected chi connectivity index (χ0v) is 14.5. The molecule has 0 aliphatic rings. The maximum Gasteiger partial charge on any atom is 0.226 e. The zero-order chi connectivity index (χ0) is 17.6. The van der Waals surface area contributed by atoms with Crippen LogP contribution in [0.1, 0.15) is 12.8 Å². The van der Waals surface area contributed by atoms with E-state index in [0.717, 1.165) is 35.4 Å². The standard InChI is InChI=1S/C19H22N4O2/c1-20-13-5-8-18(24)22-19-21-16-6-3-4-7-17(16)23(19)14-9-11-15(25-2)12-10-14/h3-4,6-7,9-12,20H,5,8,13H2,1-2H3,(H,21,22,24). The van der Waals surface area contributed by atoms with E-state index < -0.39 is 0 Å². The van der Waals surface area contributed by atoms with Crippen molar-refractivity contribution in [2.24, 2.45) is 0 Å². The summed E-state index contributed by atoms with van der Waals surface area (Å²) in [5.41, 5.74) is 2.70. The lowest BCUT2D eigenvalue weighted by atomic mass is 10.2. The maximum absolute atomic E-state index is 12.2. The Morgan fingerprint density at radius 2 is 1.92 bits per heavy atom. The van der Waals surface area contributed by atoms with Crippen molar-refractivity contribution in [3.8, 4) is 11.4 Å². The molecule has 3 rings (SSSR count). The molecule has 3 aromatic rings. The van der Waals surface area contributed by atoms with Crippen molar-refractivity contribution >= 4 is 22.9 Å². The van der Waals surface area contributed by atoms with Gasteiger partial charge in [0.15, 0.2) is 0 Å². The Hall–Kier alpha value is -2.86. The molecule has 0 atom stereocenters. The molecule has 130 valence electrons. The summed E-state index contributed by atoms with van der Waals surface area (Å²) < 4.78 is 7.17. The van der Waals surface area contributed by atoms with Crippen LogP contribution in [0, 0.1) is 0 Å². The molecule has 1 aromatic heterocycles. The number of para-hydroxylation sites is 2. The quantitative estimate of drug-likeness (QED) is 0.650. The van der Waals surface area contributed by atoms with Crippen LogP contribution in [0.5, 0.6) is 5.75 Å². The summed E-state index contributed by atoms with van der Waals surface area (Å²) in [5, 5.41) is 5.98. The third kappa shape index (κ3) is 3.80. The third-order valence-electron chi connectivity index (χ3n) is 3.97. The molecule has 1 heterocycles. The number of carbonyl (C=O) groups is 1. The number of carbonyl (C=O) groups excluding carboxylic acids is 1. The highest BCUT2D eigenvalue weighted by atomic mass is 16.5. The van der Waals surface area contributed by atoms with Gasteiger partial charge in [-0.25, -0.2) is 4.98 Å². The van der Waals surface area contributed by atoms with Crippen LogP contribution >= 0.6 is 0 Å². The van der Waals surface area contributed by atoms with E-state index in [-0.39, 0.29) is 5.91 Å². The average molecular weight is 338 g/mol. The summed E-state index contributed by atoms with van der Waals surface area (Å²) in [6, 6.07) is 15.5. The fraction of sp³-hybridized carbons (Fsp3) is 0.263. The molecule has 0 saturated heterocycles. The molecule has 2 aromatic carbocycles. The first-order chi connectivity index (χ1) is 12.2. The molecule has 0 spiro atoms. The summed E-state index contributed by atoms with van der Waals surface area (Å²) in [4.78, 5) is 16.8. The summed E-state index contributed by atoms with van der Waals surface area (Å²) in [7, 11) is 3.51. The molecule has 6 heteroatoms. The van der Waals surface area contributed by atoms with Gasteiger partial charge in [0, 0.05) is 12.1 Å². The minimum atomic E-state index is -0.0414. The van der Waals surface area contributed by atoms with E-state index >= 15 is 0 Å². The second-order valence-corrected chi connectivity index (χ2v) is 5.71. The predicted octanol–water partition coefficient (Wildman–Crippen LogP) is 2.97. The topological polar surface area (TPSA) is 68.2 Å². The van der Waals surface area contributed by atoms with Gasteiger partial charge in [-0.15, -0.1) is 0 Å². The van der Waals surface area contributed by atoms with Crippen molar-refractivity contribution in [3.05, 3.63) is 48.5 Å². The summed E-state index contributed by atoms with van der Waals surface area (Å²) in [6.45, 7) is 0.808. The van der Waals surface area contributed by atoms with E-state index in [1.54, 1.807) is 7.11 Å². The highest BCUT2D eigenvalue weighted by Crippen LogP contribution is 2.26. The molecular weight excluding hydrogens is 316 g/mol. The number of fused-ring (bicyclic) bond motifs is 1. The summed E-state index contributed by atoms with van der Waals surface area (Å²) >= 11 is 0. The van der Waals surface area contributed by atoms with Gasteiger partial charge in [-0.05, 0) is 56.4 Å². The van der Waals surface area contributed by atoms with Gasteiger partial charge in [0.05, 0.1) is 18.1 Å². The molecule has 1 amide bonds. The SMILES string of the molecule is CNCCCC(=O)Nc1nc2ccccc2n1-c1ccc(OC)cc1. The fourth-order valence-corrected chi connectivity index (χ4v) is 2.72. The molecule has 6 nitrogen and oxygen atoms in total. The lowest BCUT2D eigenvalue weighted by Gasteiger charge is -2.11. The number of nitrogens with one attached hydrogen (secondary N) is 2. The molecule has 0 saturated carbocycles. The molecule has 0 radical (unpaired) electrons. The number of anilines is 1. The van der Waals surface area contributed by atoms with Crippen molar-refractivity contribution in [2.45, 2.75) is 12.8 Å². The van der Waals surface area contributed by atoms with E-state index in [9.17, 15) is 4.79 Å². The molecule has 0 unspecified atom stereocenters. The Morgan fingerprint density at radius 3 is 2.64 bits per heavy atom. The number of hydrogen-bond acceptors (Lipinski definition) is 4. The first-order valence-electron chi connectivity index (χ1n) is 8.29. The number of ether oxygens (including phenoxy) is 1. The number of aromatic nitrogens is 2. The smallest absolute Gasteiger partial charge is 0.226 e. The summed E-state index contributed by atoms with van der Waals surface area (Å²) in [5.74, 6) is 1.27. The van der Waals surface area contributed by atoms with Crippen LogP contribution in [0.2, 0.25) is 0 Å². The predicted molar refractivity (Wildman–Crippen MR) is 99.4 cm³/mol. The van der Waals surface area contributed by atoms with Crippen LogP contribution in [0.15, 0.2) is 48.5 Å². The second-order valence-electron chi connectivity index (χ2n) is 5.71. The number of imidazole rings is 1. The fourth-order valence-electron chi connectivity index (χ4n) is 2.72. The van der Waals surface area contributed by atoms with E-state index in [1.807, 2.05) is 60.1 Å². The second kappa shape index (κ2) is 7.81. The number of amides is 1. The Bertz CT molecular complexity index is 855. The minimum absolute atomic E-state index is 0.0414. The number of rotatable bonds is 7. The van der Waals surface area contributed by atoms with Crippen molar-refractivity contribution in [1.82, 2.24) is 14.9 Å². The Morgan fingerprint density at radius 1 is 1.16 bits per heavy atom. The molecule has 0 bridgehead atoms. The van der Waals surface area contributed by atoms with Gasteiger partial charge in [-0.2, -0.15) is 0 Å². The molecule has 0 aliphatic carbocycles. The number of benzene rings is 2. The molecule has 0 fully saturated rings. The maximum atomic E-state index is 12.2. The van der Waals surface area contributed by atoms with Crippen LogP contribution in [0.3, 0.4) is 0 Å². The van der Waals surface area contributed by atoms with E-state index in [2.05, 4.69) is 15.6 Å². The van der Waals surface area contributed by atoms with E-state index in [4.69, 9.17) is 4.74 Å². The summed E-state index contributed by atoms with van der Waals surface area (Å²) in [6.07, 6.45) is 1.23. The highest BCUT2D eigenvalue weighted by Gasteiger charge is 2.14. The average Bonchev–Trinajstić information content (AvgIpc) is 2.99. The zero-order valence-electron chi connectivity index (χ0n) is 14.5. The van der Waals surface area contributed by atoms with Gasteiger partial charge < -0.3 is 10.1 Å². The van der Waals surface area contributed by atoms with Gasteiger partial charge in [0.2, 0.25) is 11.9 Å². The normalized spacial score (nSPS) is 10.8. The minimum Gasteiger partial charge on any atom is -0.497 e. The van der Waals surface area contributed by atoms with E-state index in [1.165, 1.54) is 0 Å².